The van der Waals surface area contributed by atoms with Crippen LogP contribution >= 0.6 is 22.9 Å². The summed E-state index contributed by atoms with van der Waals surface area (Å²) in [5, 5.41) is 1.74. The Bertz CT molecular complexity index is 1410. The van der Waals surface area contributed by atoms with Gasteiger partial charge in [0.15, 0.2) is 0 Å². The molecule has 2 aromatic heterocycles. The van der Waals surface area contributed by atoms with Crippen molar-refractivity contribution in [1.82, 2.24) is 9.13 Å². The minimum Gasteiger partial charge on any atom is -0.284 e. The number of rotatable bonds is 5. The van der Waals surface area contributed by atoms with E-state index >= 15 is 0 Å². The molecule has 0 atom stereocenters. The molecule has 0 aliphatic carbocycles. The standard InChI is InChI=1S/C23H21ClN2O3S/c1-13(2)12-26-22-19(21(28)25(3)23(26)29)18(20(24)27)17(30-22)11-15-9-6-8-14-7-4-5-10-16(14)15/h4-10,13H,11-12H2,1-3H3. The Balaban J connectivity index is 2.02. The van der Waals surface area contributed by atoms with Gasteiger partial charge in [0.1, 0.15) is 4.83 Å². The van der Waals surface area contributed by atoms with E-state index in [9.17, 15) is 14.4 Å². The minimum absolute atomic E-state index is 0.196. The Morgan fingerprint density at radius 2 is 1.80 bits per heavy atom. The molecule has 4 aromatic rings. The third-order valence-electron chi connectivity index (χ3n) is 5.22. The maximum atomic E-state index is 12.9. The van der Waals surface area contributed by atoms with Gasteiger partial charge in [0.2, 0.25) is 0 Å². The van der Waals surface area contributed by atoms with Crippen LogP contribution in [0.5, 0.6) is 0 Å². The molecule has 4 rings (SSSR count). The molecule has 154 valence electrons. The summed E-state index contributed by atoms with van der Waals surface area (Å²) in [6, 6.07) is 14.0. The van der Waals surface area contributed by atoms with Gasteiger partial charge in [-0.25, -0.2) is 4.79 Å². The van der Waals surface area contributed by atoms with Gasteiger partial charge in [-0.1, -0.05) is 56.3 Å². The first-order chi connectivity index (χ1) is 14.3. The minimum atomic E-state index is -0.677. The first-order valence-corrected chi connectivity index (χ1v) is 10.9. The highest BCUT2D eigenvalue weighted by Crippen LogP contribution is 2.33. The van der Waals surface area contributed by atoms with E-state index in [1.165, 1.54) is 18.4 Å². The predicted octanol–water partition coefficient (Wildman–Crippen LogP) is 4.54. The van der Waals surface area contributed by atoms with Crippen molar-refractivity contribution in [3.05, 3.63) is 79.3 Å². The Morgan fingerprint density at radius 1 is 1.10 bits per heavy atom. The summed E-state index contributed by atoms with van der Waals surface area (Å²) in [4.78, 5) is 39.3. The van der Waals surface area contributed by atoms with E-state index in [2.05, 4.69) is 0 Å². The van der Waals surface area contributed by atoms with Gasteiger partial charge in [0.25, 0.3) is 10.8 Å². The number of carbonyl (C=O) groups excluding carboxylic acids is 1. The molecule has 0 amide bonds. The number of thiophene rings is 1. The van der Waals surface area contributed by atoms with E-state index in [-0.39, 0.29) is 22.6 Å². The maximum absolute atomic E-state index is 12.9. The van der Waals surface area contributed by atoms with E-state index < -0.39 is 10.8 Å². The number of nitrogens with zero attached hydrogens (tertiary/aromatic N) is 2. The number of benzene rings is 2. The van der Waals surface area contributed by atoms with Crippen LogP contribution in [0.1, 0.15) is 34.6 Å². The maximum Gasteiger partial charge on any atom is 0.331 e. The van der Waals surface area contributed by atoms with Gasteiger partial charge in [0, 0.05) is 24.9 Å². The third-order valence-corrected chi connectivity index (χ3v) is 6.62. The first-order valence-electron chi connectivity index (χ1n) is 9.71. The lowest BCUT2D eigenvalue weighted by atomic mass is 10.00. The molecule has 0 aliphatic rings. The van der Waals surface area contributed by atoms with Crippen molar-refractivity contribution in [1.29, 1.82) is 0 Å². The van der Waals surface area contributed by atoms with Crippen LogP contribution in [0.15, 0.2) is 52.1 Å². The topological polar surface area (TPSA) is 61.1 Å². The highest BCUT2D eigenvalue weighted by atomic mass is 35.5. The number of halogens is 1. The molecule has 7 heteroatoms. The van der Waals surface area contributed by atoms with Gasteiger partial charge in [-0.15, -0.1) is 11.3 Å². The second-order valence-corrected chi connectivity index (χ2v) is 9.25. The van der Waals surface area contributed by atoms with Crippen LogP contribution in [-0.4, -0.2) is 14.4 Å². The SMILES string of the molecule is CC(C)Cn1c(=O)n(C)c(=O)c2c(C(=O)Cl)c(Cc3cccc4ccccc34)sc21. The Kier molecular flexibility index (Phi) is 5.38. The van der Waals surface area contributed by atoms with E-state index in [4.69, 9.17) is 11.6 Å². The molecule has 0 saturated carbocycles. The molecule has 5 nitrogen and oxygen atoms in total. The van der Waals surface area contributed by atoms with E-state index in [0.29, 0.717) is 22.7 Å². The van der Waals surface area contributed by atoms with Crippen molar-refractivity contribution >= 4 is 49.2 Å². The van der Waals surface area contributed by atoms with Crippen LogP contribution in [-0.2, 0) is 20.0 Å². The van der Waals surface area contributed by atoms with Crippen LogP contribution in [0, 0.1) is 5.92 Å². The first kappa shape index (κ1) is 20.6. The fourth-order valence-electron chi connectivity index (χ4n) is 3.85. The van der Waals surface area contributed by atoms with Crippen molar-refractivity contribution in [2.75, 3.05) is 0 Å². The number of hydrogen-bond acceptors (Lipinski definition) is 4. The summed E-state index contributed by atoms with van der Waals surface area (Å²) >= 11 is 7.27. The lowest BCUT2D eigenvalue weighted by molar-refractivity contribution is 0.108. The number of carbonyl (C=O) groups is 1. The monoisotopic (exact) mass is 440 g/mol. The molecule has 0 aliphatic heterocycles. The average molecular weight is 441 g/mol. The quantitative estimate of drug-likeness (QED) is 0.428. The highest BCUT2D eigenvalue weighted by molar-refractivity contribution is 7.19. The summed E-state index contributed by atoms with van der Waals surface area (Å²) in [5.41, 5.74) is 0.378. The average Bonchev–Trinajstić information content (AvgIpc) is 3.09. The molecule has 0 saturated heterocycles. The molecule has 0 N–H and O–H groups in total. The molecule has 0 fully saturated rings. The second kappa shape index (κ2) is 7.85. The van der Waals surface area contributed by atoms with E-state index in [0.717, 1.165) is 20.9 Å². The van der Waals surface area contributed by atoms with Crippen LogP contribution in [0.3, 0.4) is 0 Å². The van der Waals surface area contributed by atoms with Crippen LogP contribution < -0.4 is 11.2 Å². The van der Waals surface area contributed by atoms with Crippen molar-refractivity contribution in [2.24, 2.45) is 13.0 Å². The highest BCUT2D eigenvalue weighted by Gasteiger charge is 2.25. The Morgan fingerprint density at radius 3 is 2.50 bits per heavy atom. The molecule has 0 unspecified atom stereocenters. The van der Waals surface area contributed by atoms with E-state index in [1.54, 1.807) is 4.57 Å². The second-order valence-electron chi connectivity index (χ2n) is 7.82. The zero-order chi connectivity index (χ0) is 21.6. The zero-order valence-electron chi connectivity index (χ0n) is 16.9. The molecule has 0 spiro atoms. The predicted molar refractivity (Wildman–Crippen MR) is 123 cm³/mol. The van der Waals surface area contributed by atoms with Gasteiger partial charge >= 0.3 is 5.69 Å². The van der Waals surface area contributed by atoms with Gasteiger partial charge in [-0.2, -0.15) is 0 Å². The number of aromatic nitrogens is 2. The molecule has 2 heterocycles. The summed E-state index contributed by atoms with van der Waals surface area (Å²) in [6.07, 6.45) is 0.452. The van der Waals surface area contributed by atoms with Gasteiger partial charge < -0.3 is 0 Å². The van der Waals surface area contributed by atoms with Crippen molar-refractivity contribution in [3.63, 3.8) is 0 Å². The molecule has 0 bridgehead atoms. The van der Waals surface area contributed by atoms with Crippen LogP contribution in [0.2, 0.25) is 0 Å². The number of fused-ring (bicyclic) bond motifs is 2. The summed E-state index contributed by atoms with van der Waals surface area (Å²) in [5.74, 6) is 0.196. The molecular formula is C23H21ClN2O3S. The zero-order valence-corrected chi connectivity index (χ0v) is 18.5. The van der Waals surface area contributed by atoms with Gasteiger partial charge in [-0.3, -0.25) is 18.7 Å². The fraction of sp³-hybridized carbons (Fsp3) is 0.261. The van der Waals surface area contributed by atoms with Crippen molar-refractivity contribution in [2.45, 2.75) is 26.8 Å². The van der Waals surface area contributed by atoms with E-state index in [1.807, 2.05) is 56.3 Å². The van der Waals surface area contributed by atoms with Crippen molar-refractivity contribution < 1.29 is 4.79 Å². The van der Waals surface area contributed by atoms with Crippen LogP contribution in [0.4, 0.5) is 0 Å². The Hall–Kier alpha value is -2.70. The van der Waals surface area contributed by atoms with Crippen molar-refractivity contribution in [3.8, 4) is 0 Å². The van der Waals surface area contributed by atoms with Gasteiger partial charge in [-0.05, 0) is 33.9 Å². The molecule has 30 heavy (non-hydrogen) atoms. The normalized spacial score (nSPS) is 11.6. The molecule has 2 aromatic carbocycles. The third kappa shape index (κ3) is 3.40. The largest absolute Gasteiger partial charge is 0.331 e. The number of hydrogen-bond donors (Lipinski definition) is 0. The summed E-state index contributed by atoms with van der Waals surface area (Å²) in [7, 11) is 1.44. The van der Waals surface area contributed by atoms with Gasteiger partial charge in [0.05, 0.1) is 10.9 Å². The summed E-state index contributed by atoms with van der Waals surface area (Å²) < 4.78 is 2.64. The Labute approximate surface area is 182 Å². The lowest BCUT2D eigenvalue weighted by Gasteiger charge is -2.11. The molecule has 0 radical (unpaired) electrons. The summed E-state index contributed by atoms with van der Waals surface area (Å²) in [6.45, 7) is 4.46. The van der Waals surface area contributed by atoms with Crippen LogP contribution in [0.25, 0.3) is 21.0 Å². The molecular weight excluding hydrogens is 420 g/mol. The lowest BCUT2D eigenvalue weighted by Crippen LogP contribution is -2.38. The fourth-order valence-corrected chi connectivity index (χ4v) is 5.43. The smallest absolute Gasteiger partial charge is 0.284 e.